The van der Waals surface area contributed by atoms with Crippen LogP contribution in [0.3, 0.4) is 0 Å². The molecular formula is C14H25N3O2. The molecule has 2 heterocycles. The minimum Gasteiger partial charge on any atom is -0.379 e. The highest BCUT2D eigenvalue weighted by molar-refractivity contribution is 5.84. The number of nitrogens with one attached hydrogen (secondary N) is 1. The van der Waals surface area contributed by atoms with Crippen molar-refractivity contribution in [3.63, 3.8) is 0 Å². The lowest BCUT2D eigenvalue weighted by atomic mass is 10.2. The van der Waals surface area contributed by atoms with Gasteiger partial charge in [-0.25, -0.2) is 0 Å². The lowest BCUT2D eigenvalue weighted by molar-refractivity contribution is -0.129. The van der Waals surface area contributed by atoms with E-state index in [9.17, 15) is 4.79 Å². The Balaban J connectivity index is 1.34. The van der Waals surface area contributed by atoms with E-state index in [-0.39, 0.29) is 6.04 Å². The van der Waals surface area contributed by atoms with Gasteiger partial charge in [-0.05, 0) is 25.7 Å². The summed E-state index contributed by atoms with van der Waals surface area (Å²) in [6.45, 7) is 6.74. The largest absolute Gasteiger partial charge is 0.379 e. The van der Waals surface area contributed by atoms with Gasteiger partial charge in [0.15, 0.2) is 0 Å². The van der Waals surface area contributed by atoms with Crippen LogP contribution < -0.4 is 5.32 Å². The molecule has 1 aliphatic carbocycles. The summed E-state index contributed by atoms with van der Waals surface area (Å²) in [5.74, 6) is 0.328. The first-order valence-corrected chi connectivity index (χ1v) is 7.68. The van der Waals surface area contributed by atoms with Gasteiger partial charge in [0, 0.05) is 38.8 Å². The molecule has 1 N–H and O–H groups in total. The SMILES string of the molecule is O=C1C(NC2CC2)CCN1CCCN1CCOCC1. The molecule has 0 spiro atoms. The quantitative estimate of drug-likeness (QED) is 0.739. The molecule has 3 aliphatic rings. The fourth-order valence-corrected chi connectivity index (χ4v) is 2.96. The Bertz CT molecular complexity index is 314. The first kappa shape index (κ1) is 13.3. The molecule has 2 saturated heterocycles. The van der Waals surface area contributed by atoms with E-state index in [2.05, 4.69) is 10.2 Å². The van der Waals surface area contributed by atoms with Crippen LogP contribution in [0.4, 0.5) is 0 Å². The van der Waals surface area contributed by atoms with Crippen LogP contribution >= 0.6 is 0 Å². The number of morpholine rings is 1. The zero-order chi connectivity index (χ0) is 13.1. The van der Waals surface area contributed by atoms with Crippen LogP contribution in [-0.4, -0.2) is 73.7 Å². The van der Waals surface area contributed by atoms with Crippen molar-refractivity contribution < 1.29 is 9.53 Å². The van der Waals surface area contributed by atoms with Crippen molar-refractivity contribution in [3.8, 4) is 0 Å². The van der Waals surface area contributed by atoms with Crippen LogP contribution in [0.2, 0.25) is 0 Å². The first-order chi connectivity index (χ1) is 9.33. The van der Waals surface area contributed by atoms with Gasteiger partial charge >= 0.3 is 0 Å². The molecule has 0 bridgehead atoms. The van der Waals surface area contributed by atoms with Gasteiger partial charge in [-0.3, -0.25) is 9.69 Å². The summed E-state index contributed by atoms with van der Waals surface area (Å²) < 4.78 is 5.34. The Labute approximate surface area is 115 Å². The van der Waals surface area contributed by atoms with Crippen LogP contribution in [0.25, 0.3) is 0 Å². The summed E-state index contributed by atoms with van der Waals surface area (Å²) in [6, 6.07) is 0.734. The summed E-state index contributed by atoms with van der Waals surface area (Å²) in [6.07, 6.45) is 4.58. The molecule has 5 heteroatoms. The molecule has 2 aliphatic heterocycles. The van der Waals surface area contributed by atoms with E-state index in [4.69, 9.17) is 4.74 Å². The predicted octanol–water partition coefficient (Wildman–Crippen LogP) is 0.0616. The highest BCUT2D eigenvalue weighted by atomic mass is 16.5. The van der Waals surface area contributed by atoms with Crippen LogP contribution in [-0.2, 0) is 9.53 Å². The van der Waals surface area contributed by atoms with E-state index in [0.29, 0.717) is 11.9 Å². The second-order valence-electron chi connectivity index (χ2n) is 5.92. The van der Waals surface area contributed by atoms with Crippen molar-refractivity contribution in [2.24, 2.45) is 0 Å². The lowest BCUT2D eigenvalue weighted by Crippen LogP contribution is -2.41. The number of hydrogen-bond acceptors (Lipinski definition) is 4. The molecule has 5 nitrogen and oxygen atoms in total. The fourth-order valence-electron chi connectivity index (χ4n) is 2.96. The first-order valence-electron chi connectivity index (χ1n) is 7.68. The van der Waals surface area contributed by atoms with Gasteiger partial charge in [-0.15, -0.1) is 0 Å². The predicted molar refractivity (Wildman–Crippen MR) is 73.0 cm³/mol. The third kappa shape index (κ3) is 3.68. The van der Waals surface area contributed by atoms with E-state index in [1.807, 2.05) is 4.90 Å². The third-order valence-electron chi connectivity index (χ3n) is 4.32. The molecule has 0 aromatic heterocycles. The number of likely N-dealkylation sites (tertiary alicyclic amines) is 1. The number of hydrogen-bond donors (Lipinski definition) is 1. The molecule has 0 aromatic rings. The maximum absolute atomic E-state index is 12.2. The van der Waals surface area contributed by atoms with E-state index >= 15 is 0 Å². The summed E-state index contributed by atoms with van der Waals surface area (Å²) in [7, 11) is 0. The standard InChI is InChI=1S/C14H25N3O2/c18-14-13(15-12-2-3-12)4-7-17(14)6-1-5-16-8-10-19-11-9-16/h12-13,15H,1-11H2. The van der Waals surface area contributed by atoms with Crippen molar-refractivity contribution >= 4 is 5.91 Å². The summed E-state index contributed by atoms with van der Waals surface area (Å²) in [5, 5.41) is 3.45. The molecule has 1 amide bonds. The smallest absolute Gasteiger partial charge is 0.239 e. The molecule has 1 unspecified atom stereocenters. The highest BCUT2D eigenvalue weighted by Gasteiger charge is 2.35. The molecule has 0 radical (unpaired) electrons. The zero-order valence-corrected chi connectivity index (χ0v) is 11.6. The molecule has 108 valence electrons. The minimum atomic E-state index is 0.107. The maximum atomic E-state index is 12.2. The number of amides is 1. The average molecular weight is 267 g/mol. The Morgan fingerprint density at radius 3 is 2.63 bits per heavy atom. The Hall–Kier alpha value is -0.650. The second-order valence-corrected chi connectivity index (χ2v) is 5.92. The topological polar surface area (TPSA) is 44.8 Å². The van der Waals surface area contributed by atoms with Crippen molar-refractivity contribution in [1.29, 1.82) is 0 Å². The Kier molecular flexibility index (Phi) is 4.35. The molecule has 1 atom stereocenters. The highest BCUT2D eigenvalue weighted by Crippen LogP contribution is 2.22. The van der Waals surface area contributed by atoms with Gasteiger partial charge in [0.25, 0.3) is 0 Å². The number of carbonyl (C=O) groups is 1. The van der Waals surface area contributed by atoms with Crippen LogP contribution in [0.1, 0.15) is 25.7 Å². The van der Waals surface area contributed by atoms with Gasteiger partial charge in [-0.2, -0.15) is 0 Å². The number of nitrogens with zero attached hydrogens (tertiary/aromatic N) is 2. The van der Waals surface area contributed by atoms with Gasteiger partial charge in [0.05, 0.1) is 19.3 Å². The molecule has 3 rings (SSSR count). The van der Waals surface area contributed by atoms with Crippen molar-refractivity contribution in [3.05, 3.63) is 0 Å². The monoisotopic (exact) mass is 267 g/mol. The molecule has 19 heavy (non-hydrogen) atoms. The zero-order valence-electron chi connectivity index (χ0n) is 11.6. The van der Waals surface area contributed by atoms with Gasteiger partial charge in [0.1, 0.15) is 0 Å². The van der Waals surface area contributed by atoms with E-state index in [1.165, 1.54) is 12.8 Å². The lowest BCUT2D eigenvalue weighted by Gasteiger charge is -2.27. The Morgan fingerprint density at radius 1 is 1.11 bits per heavy atom. The molecule has 0 aromatic carbocycles. The van der Waals surface area contributed by atoms with Gasteiger partial charge in [0.2, 0.25) is 5.91 Å². The molecular weight excluding hydrogens is 242 g/mol. The molecule has 3 fully saturated rings. The fraction of sp³-hybridized carbons (Fsp3) is 0.929. The number of rotatable bonds is 6. The number of ether oxygens (including phenoxy) is 1. The summed E-state index contributed by atoms with van der Waals surface area (Å²) in [5.41, 5.74) is 0. The van der Waals surface area contributed by atoms with Crippen LogP contribution in [0, 0.1) is 0 Å². The van der Waals surface area contributed by atoms with Crippen LogP contribution in [0.5, 0.6) is 0 Å². The second kappa shape index (κ2) is 6.20. The molecule has 1 saturated carbocycles. The van der Waals surface area contributed by atoms with E-state index in [0.717, 1.165) is 58.8 Å². The van der Waals surface area contributed by atoms with Crippen molar-refractivity contribution in [2.45, 2.75) is 37.8 Å². The minimum absolute atomic E-state index is 0.107. The van der Waals surface area contributed by atoms with Crippen molar-refractivity contribution in [1.82, 2.24) is 15.1 Å². The maximum Gasteiger partial charge on any atom is 0.239 e. The third-order valence-corrected chi connectivity index (χ3v) is 4.32. The Morgan fingerprint density at radius 2 is 1.89 bits per heavy atom. The normalized spacial score (nSPS) is 29.2. The summed E-state index contributed by atoms with van der Waals surface area (Å²) in [4.78, 5) is 16.7. The average Bonchev–Trinajstić information content (AvgIpc) is 3.19. The number of carbonyl (C=O) groups excluding carboxylic acids is 1. The van der Waals surface area contributed by atoms with E-state index < -0.39 is 0 Å². The van der Waals surface area contributed by atoms with Crippen LogP contribution in [0.15, 0.2) is 0 Å². The van der Waals surface area contributed by atoms with E-state index in [1.54, 1.807) is 0 Å². The van der Waals surface area contributed by atoms with Crippen molar-refractivity contribution in [2.75, 3.05) is 45.9 Å². The van der Waals surface area contributed by atoms with Gasteiger partial charge < -0.3 is 15.0 Å². The summed E-state index contributed by atoms with van der Waals surface area (Å²) >= 11 is 0. The van der Waals surface area contributed by atoms with Gasteiger partial charge in [-0.1, -0.05) is 0 Å².